The Hall–Kier alpha value is -1.88. The molecule has 0 bridgehead atoms. The maximum Gasteiger partial charge on any atom is 0.225 e. The molecule has 2 saturated heterocycles. The second kappa shape index (κ2) is 6.87. The summed E-state index contributed by atoms with van der Waals surface area (Å²) in [4.78, 5) is 29.9. The van der Waals surface area contributed by atoms with Crippen molar-refractivity contribution in [3.63, 3.8) is 0 Å². The average Bonchev–Trinajstić information content (AvgIpc) is 3.29. The molecule has 1 N–H and O–H groups in total. The minimum Gasteiger partial charge on any atom is -0.394 e. The van der Waals surface area contributed by atoms with E-state index in [1.165, 1.54) is 5.56 Å². The Bertz CT molecular complexity index is 748. The van der Waals surface area contributed by atoms with Gasteiger partial charge in [0.05, 0.1) is 18.2 Å². The summed E-state index contributed by atoms with van der Waals surface area (Å²) < 4.78 is 0. The van der Waals surface area contributed by atoms with Crippen LogP contribution in [-0.4, -0.2) is 58.0 Å². The largest absolute Gasteiger partial charge is 0.394 e. The van der Waals surface area contributed by atoms with Crippen LogP contribution in [0.1, 0.15) is 56.4 Å². The molecule has 2 aliphatic carbocycles. The van der Waals surface area contributed by atoms with Crippen LogP contribution in [0.4, 0.5) is 0 Å². The van der Waals surface area contributed by atoms with Crippen molar-refractivity contribution in [3.05, 3.63) is 35.9 Å². The highest BCUT2D eigenvalue weighted by molar-refractivity contribution is 5.84. The van der Waals surface area contributed by atoms with Crippen molar-refractivity contribution in [1.29, 1.82) is 0 Å². The van der Waals surface area contributed by atoms with Gasteiger partial charge >= 0.3 is 0 Å². The number of rotatable bonds is 5. The first-order chi connectivity index (χ1) is 13.6. The Balaban J connectivity index is 1.39. The van der Waals surface area contributed by atoms with E-state index in [2.05, 4.69) is 12.1 Å². The van der Waals surface area contributed by atoms with Crippen LogP contribution in [0.2, 0.25) is 0 Å². The van der Waals surface area contributed by atoms with Crippen LogP contribution >= 0.6 is 0 Å². The monoisotopic (exact) mass is 382 g/mol. The molecule has 2 atom stereocenters. The number of carbonyl (C=O) groups is 2. The van der Waals surface area contributed by atoms with Crippen molar-refractivity contribution in [2.75, 3.05) is 19.7 Å². The Morgan fingerprint density at radius 2 is 1.71 bits per heavy atom. The molecule has 2 amide bonds. The van der Waals surface area contributed by atoms with Crippen molar-refractivity contribution in [3.8, 4) is 0 Å². The normalized spacial score (nSPS) is 28.9. The van der Waals surface area contributed by atoms with Crippen molar-refractivity contribution < 1.29 is 14.7 Å². The summed E-state index contributed by atoms with van der Waals surface area (Å²) in [5.41, 5.74) is 0.847. The number of carbonyl (C=O) groups excluding carboxylic acids is 2. The van der Waals surface area contributed by atoms with E-state index >= 15 is 0 Å². The summed E-state index contributed by atoms with van der Waals surface area (Å²) >= 11 is 0. The van der Waals surface area contributed by atoms with Gasteiger partial charge in [0.25, 0.3) is 0 Å². The molecule has 0 unspecified atom stereocenters. The zero-order valence-corrected chi connectivity index (χ0v) is 16.4. The maximum atomic E-state index is 13.1. The number of likely N-dealkylation sites (tertiary alicyclic amines) is 2. The first-order valence-electron chi connectivity index (χ1n) is 10.9. The topological polar surface area (TPSA) is 60.9 Å². The van der Waals surface area contributed by atoms with Gasteiger partial charge in [-0.1, -0.05) is 43.2 Å². The molecule has 5 nitrogen and oxygen atoms in total. The molecule has 2 heterocycles. The number of benzene rings is 1. The third kappa shape index (κ3) is 2.78. The van der Waals surface area contributed by atoms with Crippen molar-refractivity contribution in [1.82, 2.24) is 9.80 Å². The minimum absolute atomic E-state index is 0.0196. The van der Waals surface area contributed by atoms with Crippen LogP contribution in [0, 0.1) is 11.8 Å². The van der Waals surface area contributed by atoms with Gasteiger partial charge < -0.3 is 14.9 Å². The van der Waals surface area contributed by atoms with Crippen LogP contribution in [-0.2, 0) is 9.59 Å². The Labute approximate surface area is 166 Å². The molecular formula is C23H30N2O3. The van der Waals surface area contributed by atoms with Crippen molar-refractivity contribution in [2.24, 2.45) is 11.8 Å². The third-order valence-electron chi connectivity index (χ3n) is 7.50. The first kappa shape index (κ1) is 18.2. The fourth-order valence-electron chi connectivity index (χ4n) is 5.94. The molecule has 2 aliphatic heterocycles. The van der Waals surface area contributed by atoms with Gasteiger partial charge in [0, 0.05) is 31.3 Å². The van der Waals surface area contributed by atoms with Crippen LogP contribution in [0.5, 0.6) is 0 Å². The van der Waals surface area contributed by atoms with Gasteiger partial charge in [-0.05, 0) is 37.2 Å². The number of nitrogens with zero attached hydrogens (tertiary/aromatic N) is 2. The lowest BCUT2D eigenvalue weighted by Gasteiger charge is -2.70. The van der Waals surface area contributed by atoms with Gasteiger partial charge in [0.1, 0.15) is 0 Å². The molecule has 0 radical (unpaired) electrons. The van der Waals surface area contributed by atoms with Gasteiger partial charge in [-0.3, -0.25) is 9.59 Å². The van der Waals surface area contributed by atoms with Gasteiger partial charge in [-0.2, -0.15) is 0 Å². The summed E-state index contributed by atoms with van der Waals surface area (Å²) in [6, 6.07) is 10.1. The van der Waals surface area contributed by atoms with Gasteiger partial charge in [-0.25, -0.2) is 0 Å². The van der Waals surface area contributed by atoms with E-state index in [9.17, 15) is 14.7 Å². The van der Waals surface area contributed by atoms with E-state index in [-0.39, 0.29) is 41.8 Å². The summed E-state index contributed by atoms with van der Waals surface area (Å²) in [6.07, 6.45) is 7.20. The molecule has 4 aliphatic rings. The van der Waals surface area contributed by atoms with Crippen LogP contribution < -0.4 is 0 Å². The summed E-state index contributed by atoms with van der Waals surface area (Å²) in [5, 5.41) is 10.1. The predicted molar refractivity (Wildman–Crippen MR) is 106 cm³/mol. The van der Waals surface area contributed by atoms with Gasteiger partial charge in [0.2, 0.25) is 11.8 Å². The lowest BCUT2D eigenvalue weighted by Crippen LogP contribution is -2.86. The fraction of sp³-hybridized carbons (Fsp3) is 0.652. The summed E-state index contributed by atoms with van der Waals surface area (Å²) in [6.45, 7) is 1.22. The van der Waals surface area contributed by atoms with E-state index in [0.717, 1.165) is 38.5 Å². The second-order valence-corrected chi connectivity index (χ2v) is 9.33. The van der Waals surface area contributed by atoms with Gasteiger partial charge in [0.15, 0.2) is 0 Å². The van der Waals surface area contributed by atoms with E-state index in [4.69, 9.17) is 0 Å². The second-order valence-electron chi connectivity index (χ2n) is 9.33. The first-order valence-corrected chi connectivity index (χ1v) is 10.9. The lowest BCUT2D eigenvalue weighted by molar-refractivity contribution is -0.204. The molecule has 28 heavy (non-hydrogen) atoms. The Morgan fingerprint density at radius 3 is 2.32 bits per heavy atom. The molecule has 5 heteroatoms. The zero-order valence-electron chi connectivity index (χ0n) is 16.4. The van der Waals surface area contributed by atoms with Crippen LogP contribution in [0.3, 0.4) is 0 Å². The SMILES string of the molecule is O=C(C1CCCC1)N1CC2(C1)[C@H](c1ccccc1)[C@@H](CO)N2C(=O)CC1CC1. The van der Waals surface area contributed by atoms with E-state index < -0.39 is 0 Å². The molecular weight excluding hydrogens is 352 g/mol. The highest BCUT2D eigenvalue weighted by Crippen LogP contribution is 2.55. The van der Waals surface area contributed by atoms with Crippen LogP contribution in [0.25, 0.3) is 0 Å². The molecule has 2 saturated carbocycles. The summed E-state index contributed by atoms with van der Waals surface area (Å²) in [7, 11) is 0. The standard InChI is InChI=1S/C23H30N2O3/c26-13-19-21(17-6-2-1-3-7-17)23(25(19)20(27)12-16-10-11-16)14-24(15-23)22(28)18-8-4-5-9-18/h1-3,6-7,16,18-19,21,26H,4-5,8-15H2/t19-,21-/m1/s1. The highest BCUT2D eigenvalue weighted by atomic mass is 16.3. The maximum absolute atomic E-state index is 13.1. The zero-order chi connectivity index (χ0) is 19.3. The predicted octanol–water partition coefficient (Wildman–Crippen LogP) is 2.54. The lowest BCUT2D eigenvalue weighted by atomic mass is 9.60. The Morgan fingerprint density at radius 1 is 1.04 bits per heavy atom. The summed E-state index contributed by atoms with van der Waals surface area (Å²) in [5.74, 6) is 1.25. The molecule has 5 rings (SSSR count). The Kier molecular flexibility index (Phi) is 4.46. The number of aliphatic hydroxyl groups excluding tert-OH is 1. The molecule has 4 fully saturated rings. The molecule has 0 aromatic heterocycles. The smallest absolute Gasteiger partial charge is 0.225 e. The molecule has 1 spiro atoms. The number of amides is 2. The fourth-order valence-corrected chi connectivity index (χ4v) is 5.94. The average molecular weight is 383 g/mol. The number of hydrogen-bond donors (Lipinski definition) is 1. The van der Waals surface area contributed by atoms with E-state index in [1.54, 1.807) is 0 Å². The molecule has 1 aromatic carbocycles. The number of hydrogen-bond acceptors (Lipinski definition) is 3. The molecule has 150 valence electrons. The van der Waals surface area contributed by atoms with Crippen molar-refractivity contribution >= 4 is 11.8 Å². The number of aliphatic hydroxyl groups is 1. The molecule has 1 aromatic rings. The van der Waals surface area contributed by atoms with E-state index in [1.807, 2.05) is 28.0 Å². The third-order valence-corrected chi connectivity index (χ3v) is 7.50. The van der Waals surface area contributed by atoms with Crippen LogP contribution in [0.15, 0.2) is 30.3 Å². The minimum atomic E-state index is -0.324. The van der Waals surface area contributed by atoms with Gasteiger partial charge in [-0.15, -0.1) is 0 Å². The van der Waals surface area contributed by atoms with Crippen molar-refractivity contribution in [2.45, 2.75) is 62.4 Å². The quantitative estimate of drug-likeness (QED) is 0.851. The highest BCUT2D eigenvalue weighted by Gasteiger charge is 2.68. The van der Waals surface area contributed by atoms with E-state index in [0.29, 0.717) is 25.4 Å².